The summed E-state index contributed by atoms with van der Waals surface area (Å²) in [5.74, 6) is 0.769. The maximum Gasteiger partial charge on any atom is 0.162 e. The number of aliphatic hydroxyl groups excluding tert-OH is 1. The van der Waals surface area contributed by atoms with Gasteiger partial charge >= 0.3 is 0 Å². The summed E-state index contributed by atoms with van der Waals surface area (Å²) in [5.41, 5.74) is 0.684. The smallest absolute Gasteiger partial charge is 0.162 e. The lowest BCUT2D eigenvalue weighted by Gasteiger charge is -2.11. The van der Waals surface area contributed by atoms with Gasteiger partial charge in [0.2, 0.25) is 0 Å². The van der Waals surface area contributed by atoms with Crippen molar-refractivity contribution in [3.63, 3.8) is 0 Å². The molecule has 0 saturated carbocycles. The number of para-hydroxylation sites is 1. The van der Waals surface area contributed by atoms with E-state index in [9.17, 15) is 9.90 Å². The summed E-state index contributed by atoms with van der Waals surface area (Å²) >= 11 is 0. The van der Waals surface area contributed by atoms with E-state index in [0.717, 1.165) is 5.75 Å². The number of Topliss-reactive ketones (excluding diaryl/α,β-unsaturated/α-hetero) is 1. The Kier molecular flexibility index (Phi) is 5.33. The third-order valence-electron chi connectivity index (χ3n) is 2.99. The fraction of sp³-hybridized carbons (Fsp3) is 0.235. The van der Waals surface area contributed by atoms with Gasteiger partial charge in [-0.3, -0.25) is 4.79 Å². The molecular weight excluding hydrogens is 252 g/mol. The molecule has 0 aromatic heterocycles. The van der Waals surface area contributed by atoms with Gasteiger partial charge in [-0.1, -0.05) is 48.5 Å². The highest BCUT2D eigenvalue weighted by Crippen LogP contribution is 2.11. The minimum atomic E-state index is -0.636. The Labute approximate surface area is 118 Å². The van der Waals surface area contributed by atoms with Crippen LogP contribution in [0, 0.1) is 0 Å². The number of carbonyl (C=O) groups excluding carboxylic acids is 1. The predicted molar refractivity (Wildman–Crippen MR) is 78.0 cm³/mol. The van der Waals surface area contributed by atoms with Crippen molar-refractivity contribution in [2.45, 2.75) is 18.9 Å². The lowest BCUT2D eigenvalue weighted by atomic mass is 10.0. The largest absolute Gasteiger partial charge is 0.491 e. The topological polar surface area (TPSA) is 46.5 Å². The molecular formula is C17H18O3. The summed E-state index contributed by atoms with van der Waals surface area (Å²) in [6, 6.07) is 18.4. The summed E-state index contributed by atoms with van der Waals surface area (Å²) in [4.78, 5) is 11.9. The third-order valence-corrected chi connectivity index (χ3v) is 2.99. The van der Waals surface area contributed by atoms with Crippen LogP contribution in [0.4, 0.5) is 0 Å². The van der Waals surface area contributed by atoms with Crippen LogP contribution in [-0.2, 0) is 0 Å². The first-order valence-electron chi connectivity index (χ1n) is 6.70. The number of hydrogen-bond acceptors (Lipinski definition) is 3. The molecule has 0 bridgehead atoms. The second kappa shape index (κ2) is 7.46. The predicted octanol–water partition coefficient (Wildman–Crippen LogP) is 3.09. The molecule has 1 atom stereocenters. The normalized spacial score (nSPS) is 11.8. The molecule has 0 fully saturated rings. The van der Waals surface area contributed by atoms with Crippen molar-refractivity contribution in [2.75, 3.05) is 6.61 Å². The van der Waals surface area contributed by atoms with Gasteiger partial charge in [0.05, 0.1) is 6.10 Å². The second-order valence-corrected chi connectivity index (χ2v) is 4.61. The van der Waals surface area contributed by atoms with Gasteiger partial charge in [-0.25, -0.2) is 0 Å². The highest BCUT2D eigenvalue weighted by atomic mass is 16.5. The molecule has 3 nitrogen and oxygen atoms in total. The monoisotopic (exact) mass is 270 g/mol. The van der Waals surface area contributed by atoms with E-state index in [-0.39, 0.29) is 12.4 Å². The van der Waals surface area contributed by atoms with E-state index in [4.69, 9.17) is 4.74 Å². The minimum absolute atomic E-state index is 0.0457. The summed E-state index contributed by atoms with van der Waals surface area (Å²) in [7, 11) is 0. The standard InChI is InChI=1S/C17H18O3/c18-15(13-20-16-9-5-2-6-10-16)11-12-17(19)14-7-3-1-4-8-14/h1-10,15,18H,11-13H2. The molecule has 0 aliphatic rings. The van der Waals surface area contributed by atoms with Crippen LogP contribution in [-0.4, -0.2) is 23.6 Å². The number of rotatable bonds is 7. The second-order valence-electron chi connectivity index (χ2n) is 4.61. The van der Waals surface area contributed by atoms with Crippen LogP contribution in [0.2, 0.25) is 0 Å². The molecule has 20 heavy (non-hydrogen) atoms. The molecule has 1 unspecified atom stereocenters. The van der Waals surface area contributed by atoms with Gasteiger partial charge in [0.15, 0.2) is 5.78 Å². The highest BCUT2D eigenvalue weighted by Gasteiger charge is 2.10. The first-order valence-corrected chi connectivity index (χ1v) is 6.70. The Morgan fingerprint density at radius 1 is 1.00 bits per heavy atom. The maximum absolute atomic E-state index is 11.9. The summed E-state index contributed by atoms with van der Waals surface area (Å²) in [5, 5.41) is 9.83. The Morgan fingerprint density at radius 3 is 2.25 bits per heavy atom. The number of benzene rings is 2. The number of ketones is 1. The Bertz CT molecular complexity index is 522. The van der Waals surface area contributed by atoms with Crippen molar-refractivity contribution < 1.29 is 14.6 Å². The SMILES string of the molecule is O=C(CCC(O)COc1ccccc1)c1ccccc1. The van der Waals surface area contributed by atoms with Crippen molar-refractivity contribution in [3.05, 3.63) is 66.2 Å². The van der Waals surface area contributed by atoms with Crippen LogP contribution in [0.5, 0.6) is 5.75 Å². The average molecular weight is 270 g/mol. The van der Waals surface area contributed by atoms with E-state index >= 15 is 0 Å². The molecule has 2 aromatic rings. The summed E-state index contributed by atoms with van der Waals surface area (Å²) in [6.45, 7) is 0.200. The highest BCUT2D eigenvalue weighted by molar-refractivity contribution is 5.95. The molecule has 2 rings (SSSR count). The minimum Gasteiger partial charge on any atom is -0.491 e. The van der Waals surface area contributed by atoms with Gasteiger partial charge in [0.25, 0.3) is 0 Å². The molecule has 0 aliphatic heterocycles. The van der Waals surface area contributed by atoms with Gasteiger partial charge in [-0.2, -0.15) is 0 Å². The van der Waals surface area contributed by atoms with Gasteiger partial charge < -0.3 is 9.84 Å². The van der Waals surface area contributed by atoms with Gasteiger partial charge in [-0.05, 0) is 18.6 Å². The third kappa shape index (κ3) is 4.52. The lowest BCUT2D eigenvalue weighted by Crippen LogP contribution is -2.18. The number of ether oxygens (including phenoxy) is 1. The molecule has 3 heteroatoms. The molecule has 104 valence electrons. The quantitative estimate of drug-likeness (QED) is 0.786. The van der Waals surface area contributed by atoms with Crippen molar-refractivity contribution in [3.8, 4) is 5.75 Å². The summed E-state index contributed by atoms with van der Waals surface area (Å²) in [6.07, 6.45) is 0.0898. The molecule has 1 N–H and O–H groups in total. The van der Waals surface area contributed by atoms with E-state index in [1.807, 2.05) is 48.5 Å². The zero-order valence-corrected chi connectivity index (χ0v) is 11.2. The van der Waals surface area contributed by atoms with Crippen LogP contribution in [0.3, 0.4) is 0 Å². The molecule has 0 heterocycles. The Morgan fingerprint density at radius 2 is 1.60 bits per heavy atom. The fourth-order valence-corrected chi connectivity index (χ4v) is 1.86. The Balaban J connectivity index is 1.73. The molecule has 0 radical (unpaired) electrons. The van der Waals surface area contributed by atoms with Crippen LogP contribution in [0.25, 0.3) is 0 Å². The van der Waals surface area contributed by atoms with Crippen molar-refractivity contribution >= 4 is 5.78 Å². The van der Waals surface area contributed by atoms with E-state index in [1.54, 1.807) is 12.1 Å². The summed E-state index contributed by atoms with van der Waals surface area (Å²) < 4.78 is 5.44. The van der Waals surface area contributed by atoms with Crippen LogP contribution in [0.1, 0.15) is 23.2 Å². The van der Waals surface area contributed by atoms with E-state index < -0.39 is 6.10 Å². The molecule has 0 amide bonds. The van der Waals surface area contributed by atoms with Crippen molar-refractivity contribution in [1.29, 1.82) is 0 Å². The first-order chi connectivity index (χ1) is 9.75. The average Bonchev–Trinajstić information content (AvgIpc) is 2.52. The van der Waals surface area contributed by atoms with Crippen LogP contribution < -0.4 is 4.74 Å². The van der Waals surface area contributed by atoms with Gasteiger partial charge in [-0.15, -0.1) is 0 Å². The van der Waals surface area contributed by atoms with E-state index in [2.05, 4.69) is 0 Å². The van der Waals surface area contributed by atoms with Crippen LogP contribution in [0.15, 0.2) is 60.7 Å². The zero-order valence-electron chi connectivity index (χ0n) is 11.2. The number of carbonyl (C=O) groups is 1. The van der Waals surface area contributed by atoms with Gasteiger partial charge in [0, 0.05) is 12.0 Å². The van der Waals surface area contributed by atoms with E-state index in [1.165, 1.54) is 0 Å². The maximum atomic E-state index is 11.9. The molecule has 2 aromatic carbocycles. The Hall–Kier alpha value is -2.13. The van der Waals surface area contributed by atoms with Crippen molar-refractivity contribution in [2.24, 2.45) is 0 Å². The van der Waals surface area contributed by atoms with Crippen molar-refractivity contribution in [1.82, 2.24) is 0 Å². The number of hydrogen-bond donors (Lipinski definition) is 1. The molecule has 0 spiro atoms. The van der Waals surface area contributed by atoms with E-state index in [0.29, 0.717) is 18.4 Å². The first kappa shape index (κ1) is 14.3. The fourth-order valence-electron chi connectivity index (χ4n) is 1.86. The number of aliphatic hydroxyl groups is 1. The lowest BCUT2D eigenvalue weighted by molar-refractivity contribution is 0.0838. The molecule has 0 aliphatic carbocycles. The molecule has 0 saturated heterocycles. The van der Waals surface area contributed by atoms with Gasteiger partial charge in [0.1, 0.15) is 12.4 Å². The van der Waals surface area contributed by atoms with Crippen LogP contribution >= 0.6 is 0 Å². The zero-order chi connectivity index (χ0) is 14.2.